The van der Waals surface area contributed by atoms with E-state index in [0.717, 1.165) is 12.1 Å². The van der Waals surface area contributed by atoms with Gasteiger partial charge in [0, 0.05) is 17.7 Å². The van der Waals surface area contributed by atoms with Gasteiger partial charge in [-0.25, -0.2) is 0 Å². The quantitative estimate of drug-likeness (QED) is 0.163. The third kappa shape index (κ3) is 4.32. The summed E-state index contributed by atoms with van der Waals surface area (Å²) in [6.45, 7) is 3.00. The molecule has 0 aliphatic carbocycles. The molecule has 1 aliphatic heterocycles. The smallest absolute Gasteiger partial charge is 0.322 e. The van der Waals surface area contributed by atoms with Crippen molar-refractivity contribution in [1.29, 1.82) is 0 Å². The summed E-state index contributed by atoms with van der Waals surface area (Å²) in [5, 5.41) is 10.2. The SMILES string of the molecule is CCOC(=O)C(/C=N/N1CC1c1ccccc1)(CCN=[N+]=[N-])c1ccccc1. The zero-order chi connectivity index (χ0) is 19.8. The average molecular weight is 377 g/mol. The minimum Gasteiger partial charge on any atom is -0.465 e. The van der Waals surface area contributed by atoms with Gasteiger partial charge in [-0.05, 0) is 30.0 Å². The molecule has 2 aromatic carbocycles. The molecule has 0 radical (unpaired) electrons. The Morgan fingerprint density at radius 2 is 1.93 bits per heavy atom. The molecule has 0 saturated carbocycles. The van der Waals surface area contributed by atoms with Gasteiger partial charge in [0.2, 0.25) is 0 Å². The van der Waals surface area contributed by atoms with E-state index in [9.17, 15) is 4.79 Å². The van der Waals surface area contributed by atoms with Crippen LogP contribution < -0.4 is 0 Å². The topological polar surface area (TPSA) is 90.4 Å². The van der Waals surface area contributed by atoms with Crippen molar-refractivity contribution in [2.45, 2.75) is 24.8 Å². The van der Waals surface area contributed by atoms with Crippen molar-refractivity contribution in [2.24, 2.45) is 10.2 Å². The van der Waals surface area contributed by atoms with E-state index in [0.29, 0.717) is 0 Å². The Morgan fingerprint density at radius 1 is 1.25 bits per heavy atom. The number of nitrogens with zero attached hydrogens (tertiary/aromatic N) is 5. The van der Waals surface area contributed by atoms with Crippen LogP contribution in [0.15, 0.2) is 70.9 Å². The van der Waals surface area contributed by atoms with E-state index >= 15 is 0 Å². The number of esters is 1. The van der Waals surface area contributed by atoms with Gasteiger partial charge in [-0.2, -0.15) is 5.10 Å². The third-order valence-electron chi connectivity index (χ3n) is 4.79. The Bertz CT molecular complexity index is 865. The third-order valence-corrected chi connectivity index (χ3v) is 4.79. The number of carbonyl (C=O) groups excluding carboxylic acids is 1. The van der Waals surface area contributed by atoms with Crippen LogP contribution in [0, 0.1) is 0 Å². The second kappa shape index (κ2) is 9.06. The minimum absolute atomic E-state index is 0.165. The summed E-state index contributed by atoms with van der Waals surface area (Å²) in [6, 6.07) is 19.7. The Hall–Kier alpha value is -3.31. The number of ether oxygens (including phenoxy) is 1. The van der Waals surface area contributed by atoms with Gasteiger partial charge in [-0.1, -0.05) is 65.8 Å². The predicted octanol–water partition coefficient (Wildman–Crippen LogP) is 4.23. The van der Waals surface area contributed by atoms with Gasteiger partial charge in [-0.15, -0.1) is 0 Å². The predicted molar refractivity (Wildman–Crippen MR) is 108 cm³/mol. The van der Waals surface area contributed by atoms with Crippen LogP contribution in [-0.4, -0.2) is 36.9 Å². The summed E-state index contributed by atoms with van der Waals surface area (Å²) >= 11 is 0. The number of azide groups is 1. The van der Waals surface area contributed by atoms with Crippen LogP contribution in [0.1, 0.15) is 30.5 Å². The van der Waals surface area contributed by atoms with E-state index in [1.807, 2.05) is 53.5 Å². The van der Waals surface area contributed by atoms with Crippen LogP contribution in [0.2, 0.25) is 0 Å². The fourth-order valence-electron chi connectivity index (χ4n) is 3.21. The molecule has 2 unspecified atom stereocenters. The highest BCUT2D eigenvalue weighted by Crippen LogP contribution is 2.36. The van der Waals surface area contributed by atoms with Gasteiger partial charge in [0.05, 0.1) is 19.2 Å². The lowest BCUT2D eigenvalue weighted by Gasteiger charge is -2.27. The van der Waals surface area contributed by atoms with Gasteiger partial charge in [0.15, 0.2) is 0 Å². The standard InChI is InChI=1S/C21H23N5O2/c1-2-28-20(27)21(13-14-23-25-22,18-11-7-4-8-12-18)16-24-26-15-19(26)17-9-5-3-6-10-17/h3-12,16,19H,2,13-15H2,1H3/b24-16+. The van der Waals surface area contributed by atoms with Crippen molar-refractivity contribution in [3.63, 3.8) is 0 Å². The van der Waals surface area contributed by atoms with E-state index in [1.54, 1.807) is 13.1 Å². The molecule has 7 nitrogen and oxygen atoms in total. The zero-order valence-electron chi connectivity index (χ0n) is 15.8. The molecular formula is C21H23N5O2. The van der Waals surface area contributed by atoms with Crippen LogP contribution >= 0.6 is 0 Å². The first-order chi connectivity index (χ1) is 13.7. The van der Waals surface area contributed by atoms with Crippen molar-refractivity contribution in [2.75, 3.05) is 19.7 Å². The molecule has 0 aromatic heterocycles. The fraction of sp³-hybridized carbons (Fsp3) is 0.333. The lowest BCUT2D eigenvalue weighted by atomic mass is 9.78. The van der Waals surface area contributed by atoms with Crippen LogP contribution in [0.25, 0.3) is 10.4 Å². The van der Waals surface area contributed by atoms with Crippen LogP contribution in [0.3, 0.4) is 0 Å². The number of hydrogen-bond acceptors (Lipinski definition) is 5. The normalized spacial score (nSPS) is 17.6. The summed E-state index contributed by atoms with van der Waals surface area (Å²) in [6.07, 6.45) is 1.93. The maximum Gasteiger partial charge on any atom is 0.322 e. The Balaban J connectivity index is 1.90. The molecule has 1 saturated heterocycles. The molecular weight excluding hydrogens is 354 g/mol. The van der Waals surface area contributed by atoms with E-state index in [4.69, 9.17) is 10.3 Å². The summed E-state index contributed by atoms with van der Waals surface area (Å²) in [4.78, 5) is 15.8. The van der Waals surface area contributed by atoms with Crippen molar-refractivity contribution in [1.82, 2.24) is 5.01 Å². The molecule has 0 bridgehead atoms. The fourth-order valence-corrected chi connectivity index (χ4v) is 3.21. The number of carbonyl (C=O) groups is 1. The first kappa shape index (κ1) is 19.5. The molecule has 144 valence electrons. The number of benzene rings is 2. The first-order valence-electron chi connectivity index (χ1n) is 9.31. The molecule has 0 spiro atoms. The molecule has 3 rings (SSSR count). The van der Waals surface area contributed by atoms with E-state index < -0.39 is 11.4 Å². The van der Waals surface area contributed by atoms with E-state index in [-0.39, 0.29) is 25.6 Å². The van der Waals surface area contributed by atoms with Gasteiger partial charge in [0.25, 0.3) is 0 Å². The van der Waals surface area contributed by atoms with Gasteiger partial charge in [-0.3, -0.25) is 9.80 Å². The average Bonchev–Trinajstić information content (AvgIpc) is 3.52. The van der Waals surface area contributed by atoms with Crippen molar-refractivity contribution in [3.05, 3.63) is 82.2 Å². The largest absolute Gasteiger partial charge is 0.465 e. The molecule has 0 amide bonds. The molecule has 7 heteroatoms. The van der Waals surface area contributed by atoms with Crippen LogP contribution in [-0.2, 0) is 14.9 Å². The van der Waals surface area contributed by atoms with Gasteiger partial charge < -0.3 is 4.74 Å². The van der Waals surface area contributed by atoms with Crippen LogP contribution in [0.5, 0.6) is 0 Å². The lowest BCUT2D eigenvalue weighted by molar-refractivity contribution is -0.147. The van der Waals surface area contributed by atoms with Gasteiger partial charge in [0.1, 0.15) is 5.41 Å². The molecule has 1 fully saturated rings. The van der Waals surface area contributed by atoms with Crippen molar-refractivity contribution >= 4 is 12.2 Å². The highest BCUT2D eigenvalue weighted by molar-refractivity contribution is 6.01. The summed E-state index contributed by atoms with van der Waals surface area (Å²) in [7, 11) is 0. The second-order valence-electron chi connectivity index (χ2n) is 6.56. The maximum atomic E-state index is 13.0. The minimum atomic E-state index is -1.10. The molecule has 1 aliphatic rings. The second-order valence-corrected chi connectivity index (χ2v) is 6.56. The Kier molecular flexibility index (Phi) is 6.29. The molecule has 0 N–H and O–H groups in total. The van der Waals surface area contributed by atoms with Crippen molar-refractivity contribution < 1.29 is 9.53 Å². The Labute approximate surface area is 164 Å². The van der Waals surface area contributed by atoms with Crippen molar-refractivity contribution in [3.8, 4) is 0 Å². The highest BCUT2D eigenvalue weighted by atomic mass is 16.5. The lowest BCUT2D eigenvalue weighted by Crippen LogP contribution is -2.40. The monoisotopic (exact) mass is 377 g/mol. The van der Waals surface area contributed by atoms with E-state index in [2.05, 4.69) is 27.3 Å². The molecule has 28 heavy (non-hydrogen) atoms. The van der Waals surface area contributed by atoms with Crippen LogP contribution in [0.4, 0.5) is 0 Å². The van der Waals surface area contributed by atoms with Gasteiger partial charge >= 0.3 is 5.97 Å². The molecule has 2 aromatic rings. The molecule has 2 atom stereocenters. The maximum absolute atomic E-state index is 13.0. The number of hydrazone groups is 1. The molecule has 1 heterocycles. The summed E-state index contributed by atoms with van der Waals surface area (Å²) in [5.74, 6) is -0.392. The van der Waals surface area contributed by atoms with E-state index in [1.165, 1.54) is 5.56 Å². The first-order valence-corrected chi connectivity index (χ1v) is 9.31. The number of rotatable bonds is 9. The summed E-state index contributed by atoms with van der Waals surface area (Å²) < 4.78 is 5.37. The Morgan fingerprint density at radius 3 is 2.57 bits per heavy atom. The summed E-state index contributed by atoms with van der Waals surface area (Å²) in [5.41, 5.74) is 9.52. The zero-order valence-corrected chi connectivity index (χ0v) is 15.8. The highest BCUT2D eigenvalue weighted by Gasteiger charge is 2.42. The number of hydrogen-bond donors (Lipinski definition) is 0.